The number of benzene rings is 10. The van der Waals surface area contributed by atoms with Gasteiger partial charge in [-0.05, 0) is 98.8 Å². The van der Waals surface area contributed by atoms with E-state index in [0.29, 0.717) is 0 Å². The van der Waals surface area contributed by atoms with E-state index in [9.17, 15) is 0 Å². The van der Waals surface area contributed by atoms with Gasteiger partial charge in [0.1, 0.15) is 0 Å². The molecule has 374 valence electrons. The zero-order valence-corrected chi connectivity index (χ0v) is 48.2. The first-order chi connectivity index (χ1) is 37.6. The molecular weight excluding hydrogens is 1090 g/mol. The van der Waals surface area contributed by atoms with Crippen LogP contribution in [0.2, 0.25) is 0 Å². The Morgan fingerprint density at radius 2 is 0.377 bits per heavy atom. The van der Waals surface area contributed by atoms with Crippen LogP contribution in [0.15, 0.2) is 291 Å². The Morgan fingerprint density at radius 1 is 0.234 bits per heavy atom. The van der Waals surface area contributed by atoms with E-state index in [0.717, 1.165) is 22.3 Å². The summed E-state index contributed by atoms with van der Waals surface area (Å²) in [5.74, 6) is 9.50. The van der Waals surface area contributed by atoms with Gasteiger partial charge in [-0.2, -0.15) is 0 Å². The molecule has 0 aliphatic carbocycles. The number of hydrogen-bond donors (Lipinski definition) is 0. The van der Waals surface area contributed by atoms with E-state index in [1.54, 1.807) is 48.5 Å². The molecule has 77 heavy (non-hydrogen) atoms. The Balaban J connectivity index is 0.000000183. The van der Waals surface area contributed by atoms with Gasteiger partial charge in [0, 0.05) is 11.1 Å². The van der Waals surface area contributed by atoms with E-state index in [1.165, 1.54) is 67.1 Å². The minimum absolute atomic E-state index is 0. The first-order valence-corrected chi connectivity index (χ1v) is 31.2. The van der Waals surface area contributed by atoms with Gasteiger partial charge in [-0.25, -0.2) is 0 Å². The quantitative estimate of drug-likeness (QED) is 0.0441. The molecule has 0 saturated heterocycles. The van der Waals surface area contributed by atoms with Crippen molar-refractivity contribution in [2.24, 2.45) is 0 Å². The molecule has 0 aliphatic rings. The van der Waals surface area contributed by atoms with Crippen molar-refractivity contribution >= 4 is 74.1 Å². The van der Waals surface area contributed by atoms with Crippen molar-refractivity contribution in [2.75, 3.05) is 24.6 Å². The van der Waals surface area contributed by atoms with Crippen molar-refractivity contribution in [1.29, 1.82) is 0 Å². The molecule has 0 radical (unpaired) electrons. The molecule has 0 aromatic heterocycles. The molecule has 0 bridgehead atoms. The second-order valence-corrected chi connectivity index (χ2v) is 26.3. The molecule has 0 N–H and O–H groups in total. The van der Waals surface area contributed by atoms with Gasteiger partial charge in [-0.3, -0.25) is 11.8 Å². The third-order valence-electron chi connectivity index (χ3n) is 12.0. The average Bonchev–Trinajstić information content (AvgIpc) is 3.51. The Hall–Kier alpha value is -7.22. The number of rotatable bonds is 14. The molecule has 0 unspecified atom stereocenters. The summed E-state index contributed by atoms with van der Waals surface area (Å²) in [5.41, 5.74) is 3.16. The summed E-state index contributed by atoms with van der Waals surface area (Å²) in [5, 5.41) is 11.8. The van der Waals surface area contributed by atoms with Crippen LogP contribution < -0.4 is 42.4 Å². The van der Waals surface area contributed by atoms with Crippen LogP contribution in [-0.4, -0.2) is 24.6 Å². The monoisotopic (exact) mass is 1150 g/mol. The molecule has 10 aromatic rings. The van der Waals surface area contributed by atoms with Crippen molar-refractivity contribution in [3.8, 4) is 36.5 Å². The summed E-state index contributed by atoms with van der Waals surface area (Å²) in [6.45, 7) is 0. The summed E-state index contributed by atoms with van der Waals surface area (Å²) in [7, 11) is -1.39. The summed E-state index contributed by atoms with van der Waals surface area (Å²) in [6.07, 6.45) is 28.6. The van der Waals surface area contributed by atoms with Crippen molar-refractivity contribution in [3.05, 3.63) is 326 Å². The van der Waals surface area contributed by atoms with Gasteiger partial charge in [-0.1, -0.05) is 279 Å². The van der Waals surface area contributed by atoms with Gasteiger partial charge in [0.05, 0.1) is 0 Å². The van der Waals surface area contributed by atoms with Gasteiger partial charge in [0.15, 0.2) is 0 Å². The smallest absolute Gasteiger partial charge is 0.366 e. The Bertz CT molecular complexity index is 2750. The van der Waals surface area contributed by atoms with E-state index < -0.39 is 0 Å². The second kappa shape index (κ2) is 33.7. The van der Waals surface area contributed by atoms with Gasteiger partial charge < -0.3 is 12.8 Å². The van der Waals surface area contributed by atoms with Gasteiger partial charge in [-0.15, -0.1) is 48.2 Å². The molecule has 0 aliphatic heterocycles. The van der Waals surface area contributed by atoms with Gasteiger partial charge in [0.25, 0.3) is 0 Å². The van der Waals surface area contributed by atoms with Crippen LogP contribution >= 0.6 is 31.7 Å². The zero-order chi connectivity index (χ0) is 52.8. The fourth-order valence-electron chi connectivity index (χ4n) is 8.19. The van der Waals surface area contributed by atoms with E-state index in [4.69, 9.17) is 25.7 Å². The molecular formula is C72H58P4Ru. The zero-order valence-electron chi connectivity index (χ0n) is 42.8. The van der Waals surface area contributed by atoms with Crippen LogP contribution in [0.4, 0.5) is 0 Å². The molecule has 0 nitrogen and oxygen atoms in total. The molecule has 0 saturated carbocycles. The Kier molecular flexibility index (Phi) is 25.9. The molecule has 0 spiro atoms. The van der Waals surface area contributed by atoms with Gasteiger partial charge in [0.2, 0.25) is 0 Å². The topological polar surface area (TPSA) is 0 Å². The van der Waals surface area contributed by atoms with E-state index >= 15 is 0 Å². The van der Waals surface area contributed by atoms with Crippen LogP contribution in [0.5, 0.6) is 0 Å². The number of hydrogen-bond acceptors (Lipinski definition) is 0. The first kappa shape index (κ1) is 59.0. The van der Waals surface area contributed by atoms with Crippen LogP contribution in [0.3, 0.4) is 0 Å². The minimum Gasteiger partial charge on any atom is -0.366 e. The normalized spacial score (nSPS) is 10.1. The van der Waals surface area contributed by atoms with Crippen molar-refractivity contribution in [2.45, 2.75) is 0 Å². The molecule has 10 rings (SSSR count). The van der Waals surface area contributed by atoms with Crippen LogP contribution in [0.1, 0.15) is 22.3 Å². The average molecular weight is 1150 g/mol. The van der Waals surface area contributed by atoms with Crippen LogP contribution in [-0.2, 0) is 19.5 Å². The van der Waals surface area contributed by atoms with E-state index in [2.05, 4.69) is 266 Å². The van der Waals surface area contributed by atoms with Crippen molar-refractivity contribution < 1.29 is 19.5 Å². The fraction of sp³-hybridized carbons (Fsp3) is 0.0556. The van der Waals surface area contributed by atoms with Crippen LogP contribution in [0, 0.1) is 49.4 Å². The van der Waals surface area contributed by atoms with Crippen molar-refractivity contribution in [1.82, 2.24) is 0 Å². The maximum absolute atomic E-state index is 6.77. The predicted molar refractivity (Wildman–Crippen MR) is 337 cm³/mol. The molecule has 5 heteroatoms. The molecule has 10 aromatic carbocycles. The third-order valence-corrected chi connectivity index (χ3v) is 22.8. The summed E-state index contributed by atoms with van der Waals surface area (Å²) in [4.78, 5) is 0. The summed E-state index contributed by atoms with van der Waals surface area (Å²) >= 11 is 0. The maximum Gasteiger partial charge on any atom is 2.00 e. The first-order valence-electron chi connectivity index (χ1n) is 25.1. The van der Waals surface area contributed by atoms with Gasteiger partial charge >= 0.3 is 19.5 Å². The standard InChI is InChI=1S/2C26H24P2.2C10H5.Ru/c2*1-5-13-23(14-6-1)27(24-15-7-2-8-16-24)21-22-28(25-17-9-3-10-18-25)26-19-11-4-12-20-26;2*1-3-9-5-7-10(4-2)8-6-9;/h2*1-20H,21-22H2;2*1,5-8H;/q;;2*-1;+2. The molecule has 0 amide bonds. The summed E-state index contributed by atoms with van der Waals surface area (Å²) < 4.78 is 0. The molecule has 0 heterocycles. The predicted octanol–water partition coefficient (Wildman–Crippen LogP) is 13.7. The Morgan fingerprint density at radius 3 is 0.506 bits per heavy atom. The van der Waals surface area contributed by atoms with E-state index in [-0.39, 0.29) is 51.2 Å². The van der Waals surface area contributed by atoms with Crippen molar-refractivity contribution in [3.63, 3.8) is 0 Å². The minimum atomic E-state index is -0.348. The Labute approximate surface area is 477 Å². The fourth-order valence-corrected chi connectivity index (χ4v) is 18.9. The largest absolute Gasteiger partial charge is 2.00 e. The third kappa shape index (κ3) is 19.1. The molecule has 0 atom stereocenters. The van der Waals surface area contributed by atoms with Crippen LogP contribution in [0.25, 0.3) is 0 Å². The maximum atomic E-state index is 6.77. The SMILES string of the molecule is [C-]#Cc1ccc(C#C)cc1.[C-]#Cc1ccc(C#C)cc1.[Ru+2].c1ccc(P(CCP(c2ccccc2)c2ccccc2)c2ccccc2)cc1.c1ccc(P(CCP(c2ccccc2)c2ccccc2)c2ccccc2)cc1. The molecule has 0 fully saturated rings. The second-order valence-electron chi connectivity index (χ2n) is 17.0. The van der Waals surface area contributed by atoms with E-state index in [1.807, 2.05) is 0 Å². The number of terminal acetylenes is 2. The summed E-state index contributed by atoms with van der Waals surface area (Å²) in [6, 6.07) is 103.